The average Bonchev–Trinajstić information content (AvgIpc) is 2.22. The van der Waals surface area contributed by atoms with Gasteiger partial charge in [-0.1, -0.05) is 35.3 Å². The minimum absolute atomic E-state index is 0.612. The average molecular weight is 247 g/mol. The lowest BCUT2D eigenvalue weighted by atomic mass is 10.2. The van der Waals surface area contributed by atoms with Gasteiger partial charge in [0, 0.05) is 6.54 Å². The number of rotatable bonds is 5. The SMILES string of the molecule is CN(CCCN)Cc1cccc(Cl)c1Cl. The molecule has 2 nitrogen and oxygen atoms in total. The minimum atomic E-state index is 0.612. The molecule has 2 N–H and O–H groups in total. The highest BCUT2D eigenvalue weighted by Crippen LogP contribution is 2.26. The highest BCUT2D eigenvalue weighted by atomic mass is 35.5. The van der Waals surface area contributed by atoms with Crippen molar-refractivity contribution in [1.82, 2.24) is 4.90 Å². The molecule has 0 aliphatic rings. The Kier molecular flexibility index (Phi) is 5.40. The van der Waals surface area contributed by atoms with Gasteiger partial charge < -0.3 is 10.6 Å². The fourth-order valence-electron chi connectivity index (χ4n) is 1.40. The smallest absolute Gasteiger partial charge is 0.0637 e. The normalized spacial score (nSPS) is 11.0. The van der Waals surface area contributed by atoms with Gasteiger partial charge in [0.2, 0.25) is 0 Å². The van der Waals surface area contributed by atoms with Gasteiger partial charge in [0.1, 0.15) is 0 Å². The van der Waals surface area contributed by atoms with Crippen molar-refractivity contribution in [3.63, 3.8) is 0 Å². The molecule has 1 rings (SSSR count). The van der Waals surface area contributed by atoms with Gasteiger partial charge in [0.25, 0.3) is 0 Å². The molecule has 0 atom stereocenters. The first-order valence-electron chi connectivity index (χ1n) is 4.96. The highest BCUT2D eigenvalue weighted by molar-refractivity contribution is 6.42. The maximum Gasteiger partial charge on any atom is 0.0637 e. The van der Waals surface area contributed by atoms with Gasteiger partial charge in [-0.25, -0.2) is 0 Å². The Hall–Kier alpha value is -0.280. The summed E-state index contributed by atoms with van der Waals surface area (Å²) in [6, 6.07) is 5.71. The number of halogens is 2. The van der Waals surface area contributed by atoms with E-state index in [9.17, 15) is 0 Å². The van der Waals surface area contributed by atoms with Crippen LogP contribution in [0.2, 0.25) is 10.0 Å². The number of benzene rings is 1. The van der Waals surface area contributed by atoms with Crippen LogP contribution in [0.25, 0.3) is 0 Å². The molecule has 0 fully saturated rings. The summed E-state index contributed by atoms with van der Waals surface area (Å²) in [6.45, 7) is 2.49. The van der Waals surface area contributed by atoms with E-state index in [0.717, 1.165) is 25.1 Å². The number of nitrogens with two attached hydrogens (primary N) is 1. The van der Waals surface area contributed by atoms with Crippen molar-refractivity contribution < 1.29 is 0 Å². The molecule has 0 bridgehead atoms. The van der Waals surface area contributed by atoms with Crippen LogP contribution in [0.5, 0.6) is 0 Å². The van der Waals surface area contributed by atoms with Crippen molar-refractivity contribution in [2.75, 3.05) is 20.1 Å². The molecule has 0 amide bonds. The van der Waals surface area contributed by atoms with Crippen molar-refractivity contribution >= 4 is 23.2 Å². The molecule has 84 valence electrons. The Balaban J connectivity index is 2.60. The summed E-state index contributed by atoms with van der Waals surface area (Å²) < 4.78 is 0. The minimum Gasteiger partial charge on any atom is -0.330 e. The molecule has 0 radical (unpaired) electrons. The predicted molar refractivity (Wildman–Crippen MR) is 66.5 cm³/mol. The van der Waals surface area contributed by atoms with E-state index in [0.29, 0.717) is 16.6 Å². The van der Waals surface area contributed by atoms with Crippen LogP contribution in [0.3, 0.4) is 0 Å². The molecule has 0 spiro atoms. The second-order valence-electron chi connectivity index (χ2n) is 3.59. The lowest BCUT2D eigenvalue weighted by Crippen LogP contribution is -2.21. The van der Waals surface area contributed by atoms with Crippen LogP contribution in [-0.4, -0.2) is 25.0 Å². The van der Waals surface area contributed by atoms with E-state index < -0.39 is 0 Å². The molecular formula is C11H16Cl2N2. The van der Waals surface area contributed by atoms with Gasteiger partial charge in [-0.2, -0.15) is 0 Å². The van der Waals surface area contributed by atoms with Crippen LogP contribution in [0.4, 0.5) is 0 Å². The molecule has 15 heavy (non-hydrogen) atoms. The number of hydrogen-bond acceptors (Lipinski definition) is 2. The van der Waals surface area contributed by atoms with Crippen LogP contribution >= 0.6 is 23.2 Å². The number of nitrogens with zero attached hydrogens (tertiary/aromatic N) is 1. The summed E-state index contributed by atoms with van der Waals surface area (Å²) in [6.07, 6.45) is 0.995. The van der Waals surface area contributed by atoms with E-state index in [1.807, 2.05) is 19.2 Å². The molecule has 0 aliphatic carbocycles. The first kappa shape index (κ1) is 12.8. The molecule has 1 aromatic rings. The molecule has 1 aromatic carbocycles. The quantitative estimate of drug-likeness (QED) is 0.866. The van der Waals surface area contributed by atoms with Crippen LogP contribution in [0.15, 0.2) is 18.2 Å². The summed E-state index contributed by atoms with van der Waals surface area (Å²) in [5.41, 5.74) is 6.51. The van der Waals surface area contributed by atoms with Gasteiger partial charge in [-0.3, -0.25) is 0 Å². The molecule has 0 unspecified atom stereocenters. The Labute approximate surface area is 101 Å². The molecule has 0 aliphatic heterocycles. The first-order chi connectivity index (χ1) is 7.15. The topological polar surface area (TPSA) is 29.3 Å². The summed E-state index contributed by atoms with van der Waals surface area (Å²) in [5.74, 6) is 0. The van der Waals surface area contributed by atoms with E-state index in [-0.39, 0.29) is 0 Å². The largest absolute Gasteiger partial charge is 0.330 e. The van der Waals surface area contributed by atoms with E-state index in [1.165, 1.54) is 0 Å². The monoisotopic (exact) mass is 246 g/mol. The number of hydrogen-bond donors (Lipinski definition) is 1. The summed E-state index contributed by atoms with van der Waals surface area (Å²) >= 11 is 12.0. The van der Waals surface area contributed by atoms with E-state index in [1.54, 1.807) is 6.07 Å². The fourth-order valence-corrected chi connectivity index (χ4v) is 1.78. The second kappa shape index (κ2) is 6.33. The lowest BCUT2D eigenvalue weighted by Gasteiger charge is -2.17. The maximum absolute atomic E-state index is 6.09. The fraction of sp³-hybridized carbons (Fsp3) is 0.455. The third-order valence-electron chi connectivity index (χ3n) is 2.22. The van der Waals surface area contributed by atoms with E-state index in [2.05, 4.69) is 4.90 Å². The van der Waals surface area contributed by atoms with Gasteiger partial charge >= 0.3 is 0 Å². The van der Waals surface area contributed by atoms with Crippen LogP contribution < -0.4 is 5.73 Å². The van der Waals surface area contributed by atoms with Gasteiger partial charge in [0.05, 0.1) is 10.0 Å². The third-order valence-corrected chi connectivity index (χ3v) is 3.07. The van der Waals surface area contributed by atoms with Crippen molar-refractivity contribution in [3.05, 3.63) is 33.8 Å². The first-order valence-corrected chi connectivity index (χ1v) is 5.72. The predicted octanol–water partition coefficient (Wildman–Crippen LogP) is 2.77. The Morgan fingerprint density at radius 2 is 2.07 bits per heavy atom. The zero-order chi connectivity index (χ0) is 11.3. The highest BCUT2D eigenvalue weighted by Gasteiger charge is 2.06. The molecule has 0 aromatic heterocycles. The summed E-state index contributed by atoms with van der Waals surface area (Å²) in [5, 5.41) is 1.26. The van der Waals surface area contributed by atoms with Crippen molar-refractivity contribution in [1.29, 1.82) is 0 Å². The zero-order valence-electron chi connectivity index (χ0n) is 8.84. The maximum atomic E-state index is 6.09. The van der Waals surface area contributed by atoms with Crippen molar-refractivity contribution in [3.8, 4) is 0 Å². The van der Waals surface area contributed by atoms with Gasteiger partial charge in [-0.15, -0.1) is 0 Å². The standard InChI is InChI=1S/C11H16Cl2N2/c1-15(7-3-6-14)8-9-4-2-5-10(12)11(9)13/h2,4-5H,3,6-8,14H2,1H3. The van der Waals surface area contributed by atoms with Gasteiger partial charge in [-0.05, 0) is 38.2 Å². The molecular weight excluding hydrogens is 231 g/mol. The third kappa shape index (κ3) is 3.99. The molecule has 0 heterocycles. The molecule has 0 saturated heterocycles. The van der Waals surface area contributed by atoms with E-state index in [4.69, 9.17) is 28.9 Å². The van der Waals surface area contributed by atoms with Crippen LogP contribution in [0, 0.1) is 0 Å². The van der Waals surface area contributed by atoms with Crippen LogP contribution in [-0.2, 0) is 6.54 Å². The van der Waals surface area contributed by atoms with Crippen molar-refractivity contribution in [2.24, 2.45) is 5.73 Å². The summed E-state index contributed by atoms with van der Waals surface area (Å²) in [4.78, 5) is 2.18. The Morgan fingerprint density at radius 1 is 1.33 bits per heavy atom. The summed E-state index contributed by atoms with van der Waals surface area (Å²) in [7, 11) is 2.05. The van der Waals surface area contributed by atoms with E-state index >= 15 is 0 Å². The Bertz CT molecular complexity index is 315. The van der Waals surface area contributed by atoms with Gasteiger partial charge in [0.15, 0.2) is 0 Å². The van der Waals surface area contributed by atoms with Crippen LogP contribution in [0.1, 0.15) is 12.0 Å². The second-order valence-corrected chi connectivity index (χ2v) is 4.38. The molecule has 0 saturated carbocycles. The Morgan fingerprint density at radius 3 is 2.73 bits per heavy atom. The molecule has 4 heteroatoms. The lowest BCUT2D eigenvalue weighted by molar-refractivity contribution is 0.324. The van der Waals surface area contributed by atoms with Crippen molar-refractivity contribution in [2.45, 2.75) is 13.0 Å². The zero-order valence-corrected chi connectivity index (χ0v) is 10.4.